The highest BCUT2D eigenvalue weighted by molar-refractivity contribution is 14.0. The second-order valence-corrected chi connectivity index (χ2v) is 6.41. The van der Waals surface area contributed by atoms with Gasteiger partial charge in [0.15, 0.2) is 5.96 Å². The number of rotatable bonds is 5. The highest BCUT2D eigenvalue weighted by Gasteiger charge is 2.30. The molecule has 1 saturated carbocycles. The van der Waals surface area contributed by atoms with Gasteiger partial charge in [0.05, 0.1) is 12.1 Å². The minimum atomic E-state index is -0.560. The third kappa shape index (κ3) is 6.30. The Morgan fingerprint density at radius 3 is 2.52 bits per heavy atom. The monoisotopic (exact) mass is 431 g/mol. The van der Waals surface area contributed by atoms with E-state index in [0.717, 1.165) is 38.2 Å². The Bertz CT molecular complexity index is 525. The van der Waals surface area contributed by atoms with E-state index in [1.165, 1.54) is 16.7 Å². The highest BCUT2D eigenvalue weighted by Crippen LogP contribution is 2.28. The third-order valence-electron chi connectivity index (χ3n) is 4.37. The van der Waals surface area contributed by atoms with Gasteiger partial charge in [-0.2, -0.15) is 0 Å². The van der Waals surface area contributed by atoms with Gasteiger partial charge in [0.25, 0.3) is 0 Å². The standard InChI is InChI=1S/C18H29N3O.HI/c1-4-19-17(21-13-18(22)9-5-6-10-18)20-12-16-8-7-14(2)11-15(16)3;/h7-8,11,22H,4-6,9-10,12-13H2,1-3H3,(H2,19,20,21);1H. The predicted molar refractivity (Wildman–Crippen MR) is 108 cm³/mol. The molecular formula is C18H30IN3O. The SMILES string of the molecule is CCNC(=NCc1ccc(C)cc1C)NCC1(O)CCCC1.I. The molecular weight excluding hydrogens is 401 g/mol. The summed E-state index contributed by atoms with van der Waals surface area (Å²) in [5, 5.41) is 17.0. The van der Waals surface area contributed by atoms with Crippen molar-refractivity contribution in [1.29, 1.82) is 0 Å². The van der Waals surface area contributed by atoms with Crippen molar-refractivity contribution in [3.05, 3.63) is 34.9 Å². The molecule has 3 N–H and O–H groups in total. The van der Waals surface area contributed by atoms with Crippen LogP contribution in [0.5, 0.6) is 0 Å². The van der Waals surface area contributed by atoms with Crippen molar-refractivity contribution in [3.63, 3.8) is 0 Å². The molecule has 23 heavy (non-hydrogen) atoms. The molecule has 0 atom stereocenters. The molecule has 1 aromatic rings. The first-order chi connectivity index (χ1) is 10.5. The van der Waals surface area contributed by atoms with Crippen LogP contribution in [-0.2, 0) is 6.54 Å². The fraction of sp³-hybridized carbons (Fsp3) is 0.611. The summed E-state index contributed by atoms with van der Waals surface area (Å²) >= 11 is 0. The minimum Gasteiger partial charge on any atom is -0.388 e. The van der Waals surface area contributed by atoms with Crippen LogP contribution in [0, 0.1) is 13.8 Å². The van der Waals surface area contributed by atoms with Crippen LogP contribution in [0.25, 0.3) is 0 Å². The number of hydrogen-bond acceptors (Lipinski definition) is 2. The van der Waals surface area contributed by atoms with Crippen LogP contribution in [0.15, 0.2) is 23.2 Å². The number of halogens is 1. The molecule has 0 saturated heterocycles. The molecule has 0 heterocycles. The number of aryl methyl sites for hydroxylation is 2. The van der Waals surface area contributed by atoms with Gasteiger partial charge in [-0.05, 0) is 44.7 Å². The molecule has 1 aromatic carbocycles. The van der Waals surface area contributed by atoms with Crippen molar-refractivity contribution in [2.24, 2.45) is 4.99 Å². The summed E-state index contributed by atoms with van der Waals surface area (Å²) in [6.07, 6.45) is 4.01. The molecule has 0 radical (unpaired) electrons. The quantitative estimate of drug-likeness (QED) is 0.381. The van der Waals surface area contributed by atoms with Gasteiger partial charge in [0.1, 0.15) is 0 Å². The summed E-state index contributed by atoms with van der Waals surface area (Å²) in [4.78, 5) is 4.65. The molecule has 0 spiro atoms. The van der Waals surface area contributed by atoms with Crippen molar-refractivity contribution < 1.29 is 5.11 Å². The Morgan fingerprint density at radius 2 is 1.91 bits per heavy atom. The van der Waals surface area contributed by atoms with E-state index in [2.05, 4.69) is 54.6 Å². The van der Waals surface area contributed by atoms with Crippen LogP contribution < -0.4 is 10.6 Å². The van der Waals surface area contributed by atoms with E-state index < -0.39 is 5.60 Å². The van der Waals surface area contributed by atoms with Gasteiger partial charge >= 0.3 is 0 Å². The molecule has 0 amide bonds. The van der Waals surface area contributed by atoms with E-state index >= 15 is 0 Å². The topological polar surface area (TPSA) is 56.7 Å². The molecule has 130 valence electrons. The predicted octanol–water partition coefficient (Wildman–Crippen LogP) is 3.28. The Kier molecular flexibility index (Phi) is 8.33. The summed E-state index contributed by atoms with van der Waals surface area (Å²) in [5.41, 5.74) is 3.23. The van der Waals surface area contributed by atoms with Gasteiger partial charge in [-0.3, -0.25) is 0 Å². The smallest absolute Gasteiger partial charge is 0.191 e. The number of nitrogens with one attached hydrogen (secondary N) is 2. The molecule has 0 unspecified atom stereocenters. The zero-order valence-corrected chi connectivity index (χ0v) is 16.8. The summed E-state index contributed by atoms with van der Waals surface area (Å²) in [5.74, 6) is 0.780. The van der Waals surface area contributed by atoms with Gasteiger partial charge < -0.3 is 15.7 Å². The Labute approximate surface area is 157 Å². The van der Waals surface area contributed by atoms with Gasteiger partial charge in [0, 0.05) is 13.1 Å². The number of nitrogens with zero attached hydrogens (tertiary/aromatic N) is 1. The molecule has 4 nitrogen and oxygen atoms in total. The number of aliphatic imine (C=N–C) groups is 1. The molecule has 0 bridgehead atoms. The second-order valence-electron chi connectivity index (χ2n) is 6.41. The summed E-state index contributed by atoms with van der Waals surface area (Å²) in [6, 6.07) is 6.45. The number of hydrogen-bond donors (Lipinski definition) is 3. The van der Waals surface area contributed by atoms with E-state index in [-0.39, 0.29) is 24.0 Å². The Morgan fingerprint density at radius 1 is 1.22 bits per heavy atom. The zero-order chi connectivity index (χ0) is 16.0. The molecule has 5 heteroatoms. The molecule has 1 fully saturated rings. The van der Waals surface area contributed by atoms with Gasteiger partial charge in [0.2, 0.25) is 0 Å². The van der Waals surface area contributed by atoms with Crippen molar-refractivity contribution in [2.75, 3.05) is 13.1 Å². The van der Waals surface area contributed by atoms with E-state index in [4.69, 9.17) is 0 Å². The van der Waals surface area contributed by atoms with E-state index in [0.29, 0.717) is 13.1 Å². The maximum Gasteiger partial charge on any atom is 0.191 e. The van der Waals surface area contributed by atoms with Crippen molar-refractivity contribution in [1.82, 2.24) is 10.6 Å². The minimum absolute atomic E-state index is 0. The third-order valence-corrected chi connectivity index (χ3v) is 4.37. The normalized spacial score (nSPS) is 16.8. The van der Waals surface area contributed by atoms with Crippen LogP contribution >= 0.6 is 24.0 Å². The molecule has 1 aliphatic carbocycles. The fourth-order valence-electron chi connectivity index (χ4n) is 2.99. The largest absolute Gasteiger partial charge is 0.388 e. The average Bonchev–Trinajstić information content (AvgIpc) is 2.91. The number of benzene rings is 1. The maximum atomic E-state index is 10.4. The number of aliphatic hydroxyl groups is 1. The van der Waals surface area contributed by atoms with Crippen molar-refractivity contribution >= 4 is 29.9 Å². The summed E-state index contributed by atoms with van der Waals surface area (Å²) < 4.78 is 0. The van der Waals surface area contributed by atoms with Gasteiger partial charge in [-0.25, -0.2) is 4.99 Å². The lowest BCUT2D eigenvalue weighted by Gasteiger charge is -2.23. The van der Waals surface area contributed by atoms with Crippen molar-refractivity contribution in [2.45, 2.75) is 58.6 Å². The van der Waals surface area contributed by atoms with Crippen molar-refractivity contribution in [3.8, 4) is 0 Å². The summed E-state index contributed by atoms with van der Waals surface area (Å²) in [7, 11) is 0. The fourth-order valence-corrected chi connectivity index (χ4v) is 2.99. The molecule has 0 aromatic heterocycles. The van der Waals surface area contributed by atoms with Crippen LogP contribution in [0.2, 0.25) is 0 Å². The lowest BCUT2D eigenvalue weighted by molar-refractivity contribution is 0.0522. The first-order valence-corrected chi connectivity index (χ1v) is 8.33. The first kappa shape index (κ1) is 20.2. The lowest BCUT2D eigenvalue weighted by Crippen LogP contribution is -2.46. The zero-order valence-electron chi connectivity index (χ0n) is 14.5. The molecule has 0 aliphatic heterocycles. The maximum absolute atomic E-state index is 10.4. The highest BCUT2D eigenvalue weighted by atomic mass is 127. The molecule has 2 rings (SSSR count). The summed E-state index contributed by atoms with van der Waals surface area (Å²) in [6.45, 7) is 8.33. The van der Waals surface area contributed by atoms with Crippen LogP contribution in [0.4, 0.5) is 0 Å². The Balaban J connectivity index is 0.00000264. The lowest BCUT2D eigenvalue weighted by atomic mass is 10.0. The molecule has 1 aliphatic rings. The van der Waals surface area contributed by atoms with Crippen LogP contribution in [0.1, 0.15) is 49.3 Å². The van der Waals surface area contributed by atoms with E-state index in [1.807, 2.05) is 0 Å². The number of guanidine groups is 1. The van der Waals surface area contributed by atoms with Gasteiger partial charge in [-0.1, -0.05) is 36.6 Å². The Hall–Kier alpha value is -0.820. The first-order valence-electron chi connectivity index (χ1n) is 8.33. The van der Waals surface area contributed by atoms with Crippen LogP contribution in [-0.4, -0.2) is 29.8 Å². The van der Waals surface area contributed by atoms with Gasteiger partial charge in [-0.15, -0.1) is 24.0 Å². The second kappa shape index (κ2) is 9.47. The van der Waals surface area contributed by atoms with E-state index in [9.17, 15) is 5.11 Å². The van der Waals surface area contributed by atoms with E-state index in [1.54, 1.807) is 0 Å². The van der Waals surface area contributed by atoms with Crippen LogP contribution in [0.3, 0.4) is 0 Å². The average molecular weight is 431 g/mol.